The zero-order valence-corrected chi connectivity index (χ0v) is 19.0. The van der Waals surface area contributed by atoms with Crippen molar-refractivity contribution >= 4 is 33.6 Å². The molecule has 0 aliphatic carbocycles. The molecule has 1 atom stereocenters. The molecule has 30 heavy (non-hydrogen) atoms. The number of hydrogen-bond acceptors (Lipinski definition) is 4. The van der Waals surface area contributed by atoms with E-state index in [1.54, 1.807) is 26.4 Å². The first-order valence-electron chi connectivity index (χ1n) is 9.78. The molecule has 0 aromatic heterocycles. The molecule has 0 saturated heterocycles. The van der Waals surface area contributed by atoms with Gasteiger partial charge in [-0.25, -0.2) is 4.79 Å². The molecule has 3 amide bonds. The van der Waals surface area contributed by atoms with Crippen LogP contribution in [0.2, 0.25) is 0 Å². The van der Waals surface area contributed by atoms with Gasteiger partial charge in [-0.1, -0.05) is 35.3 Å². The molecule has 0 spiro atoms. The summed E-state index contributed by atoms with van der Waals surface area (Å²) in [4.78, 5) is 24.8. The zero-order valence-electron chi connectivity index (χ0n) is 17.5. The average molecular weight is 478 g/mol. The van der Waals surface area contributed by atoms with Gasteiger partial charge in [0.05, 0.1) is 14.2 Å². The molecule has 3 N–H and O–H groups in total. The van der Waals surface area contributed by atoms with Gasteiger partial charge in [0.2, 0.25) is 5.91 Å². The van der Waals surface area contributed by atoms with Gasteiger partial charge in [-0.15, -0.1) is 0 Å². The lowest BCUT2D eigenvalue weighted by molar-refractivity contribution is -0.123. The van der Waals surface area contributed by atoms with Crippen LogP contribution in [0, 0.1) is 0 Å². The van der Waals surface area contributed by atoms with Crippen LogP contribution in [-0.4, -0.2) is 38.7 Å². The quantitative estimate of drug-likeness (QED) is 0.480. The smallest absolute Gasteiger partial charge is 0.319 e. The van der Waals surface area contributed by atoms with E-state index in [1.165, 1.54) is 0 Å². The molecule has 0 radical (unpaired) electrons. The van der Waals surface area contributed by atoms with Crippen molar-refractivity contribution < 1.29 is 19.1 Å². The third kappa shape index (κ3) is 7.26. The highest BCUT2D eigenvalue weighted by Crippen LogP contribution is 2.27. The maximum atomic E-state index is 12.6. The fourth-order valence-corrected chi connectivity index (χ4v) is 3.17. The first kappa shape index (κ1) is 23.5. The number of methoxy groups -OCH3 is 2. The van der Waals surface area contributed by atoms with E-state index in [1.807, 2.05) is 37.3 Å². The van der Waals surface area contributed by atoms with Crippen LogP contribution in [0.4, 0.5) is 10.5 Å². The van der Waals surface area contributed by atoms with E-state index in [0.29, 0.717) is 36.6 Å². The van der Waals surface area contributed by atoms with Gasteiger partial charge in [-0.2, -0.15) is 0 Å². The molecular weight excluding hydrogens is 450 g/mol. The Hall–Kier alpha value is -2.74. The molecular formula is C22H28BrN3O4. The minimum atomic E-state index is -0.601. The van der Waals surface area contributed by atoms with Crippen molar-refractivity contribution in [3.63, 3.8) is 0 Å². The number of amides is 3. The summed E-state index contributed by atoms with van der Waals surface area (Å²) in [7, 11) is 3.18. The Balaban J connectivity index is 1.87. The predicted molar refractivity (Wildman–Crippen MR) is 121 cm³/mol. The third-order valence-corrected chi connectivity index (χ3v) is 4.99. The molecule has 2 rings (SSSR count). The monoisotopic (exact) mass is 477 g/mol. The molecule has 1 unspecified atom stereocenters. The van der Waals surface area contributed by atoms with E-state index < -0.39 is 12.1 Å². The highest BCUT2D eigenvalue weighted by molar-refractivity contribution is 9.10. The van der Waals surface area contributed by atoms with Gasteiger partial charge < -0.3 is 25.4 Å². The first-order valence-corrected chi connectivity index (χ1v) is 10.6. The molecule has 2 aromatic rings. The second kappa shape index (κ2) is 12.1. The molecule has 7 nitrogen and oxygen atoms in total. The second-order valence-electron chi connectivity index (χ2n) is 6.68. The van der Waals surface area contributed by atoms with Crippen molar-refractivity contribution in [3.05, 3.63) is 52.5 Å². The van der Waals surface area contributed by atoms with Crippen molar-refractivity contribution in [2.24, 2.45) is 0 Å². The summed E-state index contributed by atoms with van der Waals surface area (Å²) >= 11 is 3.35. The zero-order chi connectivity index (χ0) is 21.9. The van der Waals surface area contributed by atoms with Gasteiger partial charge in [-0.05, 0) is 54.8 Å². The molecule has 8 heteroatoms. The maximum absolute atomic E-state index is 12.6. The van der Waals surface area contributed by atoms with Crippen LogP contribution in [0.3, 0.4) is 0 Å². The predicted octanol–water partition coefficient (Wildman–Crippen LogP) is 4.12. The molecule has 0 fully saturated rings. The van der Waals surface area contributed by atoms with Gasteiger partial charge in [0.25, 0.3) is 0 Å². The number of hydrogen-bond donors (Lipinski definition) is 3. The van der Waals surface area contributed by atoms with E-state index in [9.17, 15) is 9.59 Å². The van der Waals surface area contributed by atoms with Crippen LogP contribution < -0.4 is 25.4 Å². The fourth-order valence-electron chi connectivity index (χ4n) is 2.91. The number of rotatable bonds is 10. The minimum absolute atomic E-state index is 0.205. The van der Waals surface area contributed by atoms with Gasteiger partial charge in [-0.3, -0.25) is 4.79 Å². The Bertz CT molecular complexity index is 843. The Morgan fingerprint density at radius 1 is 1.03 bits per heavy atom. The second-order valence-corrected chi connectivity index (χ2v) is 7.59. The normalized spacial score (nSPS) is 11.3. The molecule has 0 aliphatic heterocycles. The largest absolute Gasteiger partial charge is 0.493 e. The van der Waals surface area contributed by atoms with Gasteiger partial charge in [0, 0.05) is 16.7 Å². The van der Waals surface area contributed by atoms with E-state index >= 15 is 0 Å². The molecule has 0 heterocycles. The van der Waals surface area contributed by atoms with Gasteiger partial charge in [0.15, 0.2) is 11.5 Å². The summed E-state index contributed by atoms with van der Waals surface area (Å²) in [5.74, 6) is 1.11. The Morgan fingerprint density at radius 3 is 2.37 bits per heavy atom. The van der Waals surface area contributed by atoms with Gasteiger partial charge >= 0.3 is 6.03 Å². The molecule has 0 bridgehead atoms. The lowest BCUT2D eigenvalue weighted by Crippen LogP contribution is -2.48. The number of carbonyl (C=O) groups is 2. The third-order valence-electron chi connectivity index (χ3n) is 4.46. The maximum Gasteiger partial charge on any atom is 0.319 e. The summed E-state index contributed by atoms with van der Waals surface area (Å²) in [5, 5.41) is 8.39. The standard InChI is InChI=1S/C22H28BrN3O4/c1-4-5-18(26-22(28)25-17-9-7-16(23)8-10-17)21(27)24-13-12-15-6-11-19(29-2)20(14-15)30-3/h6-11,14,18H,4-5,12-13H2,1-3H3,(H,24,27)(H2,25,26,28). The minimum Gasteiger partial charge on any atom is -0.493 e. The Kier molecular flexibility index (Phi) is 9.47. The lowest BCUT2D eigenvalue weighted by Gasteiger charge is -2.18. The highest BCUT2D eigenvalue weighted by atomic mass is 79.9. The van der Waals surface area contributed by atoms with E-state index in [-0.39, 0.29) is 5.91 Å². The first-order chi connectivity index (χ1) is 14.5. The summed E-state index contributed by atoms with van der Waals surface area (Å²) in [5.41, 5.74) is 1.67. The Morgan fingerprint density at radius 2 is 1.73 bits per heavy atom. The summed E-state index contributed by atoms with van der Waals surface area (Å²) in [6.07, 6.45) is 1.96. The van der Waals surface area contributed by atoms with Crippen LogP contribution in [0.15, 0.2) is 46.9 Å². The highest BCUT2D eigenvalue weighted by Gasteiger charge is 2.19. The molecule has 2 aromatic carbocycles. The van der Waals surface area contributed by atoms with Crippen molar-refractivity contribution in [2.75, 3.05) is 26.1 Å². The summed E-state index contributed by atoms with van der Waals surface area (Å²) < 4.78 is 11.5. The fraction of sp³-hybridized carbons (Fsp3) is 0.364. The van der Waals surface area contributed by atoms with Crippen molar-refractivity contribution in [1.82, 2.24) is 10.6 Å². The molecule has 0 saturated carbocycles. The Labute approximate surface area is 185 Å². The van der Waals surface area contributed by atoms with Crippen LogP contribution in [0.5, 0.6) is 11.5 Å². The van der Waals surface area contributed by atoms with Crippen LogP contribution >= 0.6 is 15.9 Å². The van der Waals surface area contributed by atoms with Gasteiger partial charge in [0.1, 0.15) is 6.04 Å². The van der Waals surface area contributed by atoms with Crippen LogP contribution in [0.25, 0.3) is 0 Å². The topological polar surface area (TPSA) is 88.7 Å². The number of carbonyl (C=O) groups excluding carboxylic acids is 2. The van der Waals surface area contributed by atoms with Crippen molar-refractivity contribution in [2.45, 2.75) is 32.2 Å². The van der Waals surface area contributed by atoms with Crippen LogP contribution in [0.1, 0.15) is 25.3 Å². The van der Waals surface area contributed by atoms with E-state index in [0.717, 1.165) is 16.5 Å². The van der Waals surface area contributed by atoms with Crippen molar-refractivity contribution in [3.8, 4) is 11.5 Å². The van der Waals surface area contributed by atoms with Crippen molar-refractivity contribution in [1.29, 1.82) is 0 Å². The number of benzene rings is 2. The van der Waals surface area contributed by atoms with E-state index in [4.69, 9.17) is 9.47 Å². The number of nitrogens with one attached hydrogen (secondary N) is 3. The average Bonchev–Trinajstić information content (AvgIpc) is 2.74. The summed E-state index contributed by atoms with van der Waals surface area (Å²) in [6.45, 7) is 2.42. The molecule has 162 valence electrons. The SMILES string of the molecule is CCCC(NC(=O)Nc1ccc(Br)cc1)C(=O)NCCc1ccc(OC)c(OC)c1. The lowest BCUT2D eigenvalue weighted by atomic mass is 10.1. The number of ether oxygens (including phenoxy) is 2. The number of anilines is 1. The van der Waals surface area contributed by atoms with Crippen LogP contribution in [-0.2, 0) is 11.2 Å². The van der Waals surface area contributed by atoms with E-state index in [2.05, 4.69) is 31.9 Å². The summed E-state index contributed by atoms with van der Waals surface area (Å²) in [6, 6.07) is 11.9. The number of halogens is 1. The number of urea groups is 1. The molecule has 0 aliphatic rings.